The molecule has 1 heterocycles. The first-order valence-electron chi connectivity index (χ1n) is 14.4. The van der Waals surface area contributed by atoms with Crippen LogP contribution in [0.3, 0.4) is 0 Å². The van der Waals surface area contributed by atoms with Crippen molar-refractivity contribution in [3.05, 3.63) is 59.7 Å². The van der Waals surface area contributed by atoms with Gasteiger partial charge >= 0.3 is 86.9 Å². The van der Waals surface area contributed by atoms with E-state index >= 15 is 0 Å². The molecule has 0 aromatic heterocycles. The van der Waals surface area contributed by atoms with Gasteiger partial charge in [-0.1, -0.05) is 38.1 Å². The number of hydroxylamine groups is 2. The van der Waals surface area contributed by atoms with Gasteiger partial charge in [-0.15, -0.1) is 0 Å². The van der Waals surface area contributed by atoms with Crippen molar-refractivity contribution >= 4 is 38.0 Å². The zero-order chi connectivity index (χ0) is 34.4. The molecule has 2 aromatic rings. The normalized spacial score (nSPS) is 18.3. The molecule has 0 amide bonds. The number of carboxylic acids is 1. The Labute approximate surface area is 348 Å². The predicted octanol–water partition coefficient (Wildman–Crippen LogP) is -2.55. The van der Waals surface area contributed by atoms with Crippen LogP contribution in [0, 0.1) is 0 Å². The quantitative estimate of drug-likeness (QED) is 0.151. The van der Waals surface area contributed by atoms with Gasteiger partial charge in [-0.3, -0.25) is 9.63 Å². The van der Waals surface area contributed by atoms with E-state index in [9.17, 15) is 30.7 Å². The number of nitrogens with two attached hydrogens (primary N) is 2. The summed E-state index contributed by atoms with van der Waals surface area (Å²) in [5, 5.41) is 10.7. The molecular formula is C30H45KN3NaO9S3. The second-order valence-corrected chi connectivity index (χ2v) is 16.5. The van der Waals surface area contributed by atoms with Crippen molar-refractivity contribution in [3.8, 4) is 0 Å². The van der Waals surface area contributed by atoms with Crippen LogP contribution < -0.4 is 92.4 Å². The Bertz CT molecular complexity index is 1480. The van der Waals surface area contributed by atoms with Crippen LogP contribution in [-0.4, -0.2) is 83.4 Å². The molecule has 254 valence electrons. The van der Waals surface area contributed by atoms with Gasteiger partial charge in [-0.25, -0.2) is 16.8 Å². The molecule has 3 unspecified atom stereocenters. The van der Waals surface area contributed by atoms with Gasteiger partial charge in [0.15, 0.2) is 0 Å². The minimum atomic E-state index is -4.42. The largest absolute Gasteiger partial charge is 1.00 e. The Kier molecular flexibility index (Phi) is 20.2. The molecule has 12 nitrogen and oxygen atoms in total. The van der Waals surface area contributed by atoms with Crippen molar-refractivity contribution in [1.82, 2.24) is 5.06 Å². The third-order valence-corrected chi connectivity index (χ3v) is 10.6. The average molecular weight is 750 g/mol. The number of thioether (sulfide) groups is 1. The monoisotopic (exact) mass is 749 g/mol. The van der Waals surface area contributed by atoms with Crippen LogP contribution >= 0.6 is 11.8 Å². The van der Waals surface area contributed by atoms with Gasteiger partial charge in [0.2, 0.25) is 0 Å². The summed E-state index contributed by atoms with van der Waals surface area (Å²) in [6.45, 7) is 12.9. The molecule has 1 aliphatic rings. The van der Waals surface area contributed by atoms with E-state index in [0.717, 1.165) is 24.0 Å². The minimum Gasteiger partial charge on any atom is -0.744 e. The maximum Gasteiger partial charge on any atom is 1.00 e. The van der Waals surface area contributed by atoms with Gasteiger partial charge in [-0.05, 0) is 87.6 Å². The van der Waals surface area contributed by atoms with Crippen molar-refractivity contribution in [1.29, 1.82) is 0 Å². The van der Waals surface area contributed by atoms with Crippen molar-refractivity contribution < 1.29 is 122 Å². The van der Waals surface area contributed by atoms with E-state index in [1.165, 1.54) is 36.0 Å². The number of hydrogen-bond acceptors (Lipinski definition) is 12. The van der Waals surface area contributed by atoms with Crippen molar-refractivity contribution in [2.75, 3.05) is 18.1 Å². The molecule has 1 aliphatic heterocycles. The molecule has 17 heteroatoms. The number of carbonyl (C=O) groups is 1. The topological polar surface area (TPSA) is 216 Å². The standard InChI is InChI=1S/C18H30N2O4S.C12H17NO5S2.K.Na/c1-13(14-6-8-16(9-7-14)25(21,22)23)12-24-20-17(2,3)10-15(19)11-18(20,4)5;1-8(6-19-7-11(13)12(14)15)9-2-4-10(5-3-9)20(16,17)18;;/h6-9,13,15H,10-12,19H2,1-5H3,(H,21,22,23);2-5,8,11H,6-7,13H2,1H3,(H,14,15)(H,16,17,18);;/q;;2*+1/p-2. The van der Waals surface area contributed by atoms with Crippen molar-refractivity contribution in [2.24, 2.45) is 11.5 Å². The maximum absolute atomic E-state index is 11.0. The molecule has 0 aliphatic carbocycles. The molecule has 0 radical (unpaired) electrons. The SMILES string of the molecule is CC(CON1C(C)(C)CC(N)CC1(C)C)c1ccc(S(=O)(=O)[O-])cc1.CC(CSCC(N)C(=O)O)c1ccc(S(=O)(=O)[O-])cc1.[K+].[Na+]. The van der Waals surface area contributed by atoms with Crippen molar-refractivity contribution in [3.63, 3.8) is 0 Å². The van der Waals surface area contributed by atoms with E-state index in [1.807, 2.05) is 13.8 Å². The molecule has 3 rings (SSSR count). The Morgan fingerprint density at radius 1 is 0.894 bits per heavy atom. The fraction of sp³-hybridized carbons (Fsp3) is 0.567. The number of piperidine rings is 1. The third kappa shape index (κ3) is 15.4. The molecular weight excluding hydrogens is 705 g/mol. The number of rotatable bonds is 12. The van der Waals surface area contributed by atoms with Crippen LogP contribution in [-0.2, 0) is 29.9 Å². The molecule has 3 atom stereocenters. The molecule has 0 saturated carbocycles. The van der Waals surface area contributed by atoms with E-state index < -0.39 is 32.2 Å². The van der Waals surface area contributed by atoms with Crippen LogP contribution in [0.2, 0.25) is 0 Å². The van der Waals surface area contributed by atoms with Gasteiger partial charge in [-0.2, -0.15) is 16.8 Å². The summed E-state index contributed by atoms with van der Waals surface area (Å²) in [6, 6.07) is 11.0. The smallest absolute Gasteiger partial charge is 0.744 e. The third-order valence-electron chi connectivity index (χ3n) is 7.53. The van der Waals surface area contributed by atoms with Crippen LogP contribution in [0.4, 0.5) is 0 Å². The molecule has 0 spiro atoms. The molecule has 1 saturated heterocycles. The Morgan fingerprint density at radius 3 is 1.64 bits per heavy atom. The zero-order valence-electron chi connectivity index (χ0n) is 28.5. The van der Waals surface area contributed by atoms with E-state index in [2.05, 4.69) is 32.8 Å². The molecule has 1 fully saturated rings. The zero-order valence-corrected chi connectivity index (χ0v) is 36.1. The van der Waals surface area contributed by atoms with Gasteiger partial charge in [0.1, 0.15) is 26.3 Å². The minimum absolute atomic E-state index is 0. The van der Waals surface area contributed by atoms with E-state index in [0.29, 0.717) is 18.1 Å². The van der Waals surface area contributed by atoms with Crippen LogP contribution in [0.15, 0.2) is 58.3 Å². The second kappa shape index (κ2) is 20.0. The van der Waals surface area contributed by atoms with Crippen LogP contribution in [0.1, 0.15) is 77.3 Å². The van der Waals surface area contributed by atoms with Gasteiger partial charge in [0.05, 0.1) is 16.4 Å². The number of carboxylic acid groups (broad SMARTS) is 1. The second-order valence-electron chi connectivity index (χ2n) is 12.7. The summed E-state index contributed by atoms with van der Waals surface area (Å²) in [5.41, 5.74) is 13.1. The number of benzene rings is 2. The first kappa shape index (κ1) is 47.6. The molecule has 47 heavy (non-hydrogen) atoms. The van der Waals surface area contributed by atoms with Gasteiger partial charge in [0, 0.05) is 28.8 Å². The number of nitrogens with zero attached hydrogens (tertiary/aromatic N) is 1. The van der Waals surface area contributed by atoms with E-state index in [4.69, 9.17) is 21.4 Å². The van der Waals surface area contributed by atoms with Crippen molar-refractivity contribution in [2.45, 2.75) is 99.2 Å². The summed E-state index contributed by atoms with van der Waals surface area (Å²) in [6.07, 6.45) is 1.72. The number of hydrogen-bond donors (Lipinski definition) is 3. The average Bonchev–Trinajstić information content (AvgIpc) is 2.90. The van der Waals surface area contributed by atoms with Gasteiger partial charge < -0.3 is 25.7 Å². The predicted molar refractivity (Wildman–Crippen MR) is 172 cm³/mol. The van der Waals surface area contributed by atoms with Gasteiger partial charge in [0.25, 0.3) is 0 Å². The Balaban J connectivity index is 0.000000884. The first-order chi connectivity index (χ1) is 20.5. The first-order valence-corrected chi connectivity index (χ1v) is 18.4. The Morgan fingerprint density at radius 2 is 1.28 bits per heavy atom. The summed E-state index contributed by atoms with van der Waals surface area (Å²) in [4.78, 5) is 16.3. The van der Waals surface area contributed by atoms with Crippen LogP contribution in [0.5, 0.6) is 0 Å². The summed E-state index contributed by atoms with van der Waals surface area (Å²) in [5.74, 6) is 0.0992. The van der Waals surface area contributed by atoms with E-state index in [-0.39, 0.29) is 120 Å². The Hall–Kier alpha value is 0.556. The van der Waals surface area contributed by atoms with Crippen LogP contribution in [0.25, 0.3) is 0 Å². The van der Waals surface area contributed by atoms with E-state index in [1.54, 1.807) is 24.3 Å². The summed E-state index contributed by atoms with van der Waals surface area (Å²) in [7, 11) is -8.83. The maximum atomic E-state index is 11.0. The fourth-order valence-electron chi connectivity index (χ4n) is 5.44. The number of aliphatic carboxylic acids is 1. The molecule has 0 bridgehead atoms. The molecule has 2 aromatic carbocycles. The summed E-state index contributed by atoms with van der Waals surface area (Å²) < 4.78 is 65.4. The molecule has 5 N–H and O–H groups in total. The fourth-order valence-corrected chi connectivity index (χ4v) is 7.46. The summed E-state index contributed by atoms with van der Waals surface area (Å²) >= 11 is 1.42.